The molecule has 1 aliphatic heterocycles. The fourth-order valence-corrected chi connectivity index (χ4v) is 5.30. The van der Waals surface area contributed by atoms with Crippen LogP contribution < -0.4 is 5.32 Å². The standard InChI is InChI=1S/C26H33F3N4O3.ClH/c27-26(28,29)21-11-5-4-10-20(21)23-17-22(31-33(23)19-8-2-3-9-19)25(36)30-18(16-24(34)35)12-15-32-13-6-1-7-14-32;/h4-5,10-11,17-19H,1-3,6-9,12-16H2,(H,30,36)(H,34,35);1H/t18-;/m0./s1. The Morgan fingerprint density at radius 3 is 2.41 bits per heavy atom. The number of nitrogens with zero attached hydrogens (tertiary/aromatic N) is 3. The molecule has 7 nitrogen and oxygen atoms in total. The highest BCUT2D eigenvalue weighted by molar-refractivity contribution is 5.94. The van der Waals surface area contributed by atoms with Crippen LogP contribution in [0.1, 0.15) is 79.9 Å². The summed E-state index contributed by atoms with van der Waals surface area (Å²) in [6, 6.07) is 6.04. The molecule has 0 spiro atoms. The zero-order valence-electron chi connectivity index (χ0n) is 20.7. The van der Waals surface area contributed by atoms with Crippen LogP contribution in [0.5, 0.6) is 0 Å². The van der Waals surface area contributed by atoms with E-state index in [4.69, 9.17) is 0 Å². The lowest BCUT2D eigenvalue weighted by atomic mass is 10.0. The zero-order valence-corrected chi connectivity index (χ0v) is 21.5. The molecule has 1 aromatic heterocycles. The SMILES string of the molecule is Cl.O=C(O)C[C@H](CCN1CCCCC1)NC(=O)c1cc(-c2ccccc2C(F)(F)F)n(C2CCCC2)n1. The molecule has 1 saturated heterocycles. The summed E-state index contributed by atoms with van der Waals surface area (Å²) in [5.41, 5.74) is -0.540. The van der Waals surface area contributed by atoms with Gasteiger partial charge in [0.2, 0.25) is 0 Å². The summed E-state index contributed by atoms with van der Waals surface area (Å²) >= 11 is 0. The van der Waals surface area contributed by atoms with Crippen LogP contribution in [0.3, 0.4) is 0 Å². The molecule has 37 heavy (non-hydrogen) atoms. The van der Waals surface area contributed by atoms with Gasteiger partial charge in [0.15, 0.2) is 5.69 Å². The average Bonchev–Trinajstić information content (AvgIpc) is 3.52. The molecule has 2 N–H and O–H groups in total. The fourth-order valence-electron chi connectivity index (χ4n) is 5.30. The molecule has 1 amide bonds. The summed E-state index contributed by atoms with van der Waals surface area (Å²) in [5, 5.41) is 16.6. The van der Waals surface area contributed by atoms with Gasteiger partial charge in [-0.3, -0.25) is 14.3 Å². The molecular formula is C26H34ClF3N4O3. The molecule has 11 heteroatoms. The number of hydrogen-bond donors (Lipinski definition) is 2. The second kappa shape index (κ2) is 12.8. The molecule has 204 valence electrons. The van der Waals surface area contributed by atoms with Crippen molar-refractivity contribution < 1.29 is 27.9 Å². The van der Waals surface area contributed by atoms with E-state index in [1.54, 1.807) is 10.7 Å². The molecule has 0 radical (unpaired) electrons. The van der Waals surface area contributed by atoms with E-state index in [1.807, 2.05) is 0 Å². The van der Waals surface area contributed by atoms with Gasteiger partial charge in [-0.1, -0.05) is 37.5 Å². The minimum absolute atomic E-state index is 0. The van der Waals surface area contributed by atoms with E-state index in [0.717, 1.165) is 57.7 Å². The lowest BCUT2D eigenvalue weighted by Crippen LogP contribution is -2.40. The number of piperidine rings is 1. The van der Waals surface area contributed by atoms with Gasteiger partial charge in [0.05, 0.1) is 23.7 Å². The van der Waals surface area contributed by atoms with E-state index < -0.39 is 29.7 Å². The Hall–Kier alpha value is -2.59. The fraction of sp³-hybridized carbons (Fsp3) is 0.577. The smallest absolute Gasteiger partial charge is 0.417 e. The average molecular weight is 543 g/mol. The van der Waals surface area contributed by atoms with Gasteiger partial charge in [0.25, 0.3) is 5.91 Å². The van der Waals surface area contributed by atoms with E-state index in [9.17, 15) is 27.9 Å². The molecule has 2 aromatic rings. The van der Waals surface area contributed by atoms with E-state index in [2.05, 4.69) is 15.3 Å². The second-order valence-corrected chi connectivity index (χ2v) is 9.80. The number of benzene rings is 1. The molecule has 0 unspecified atom stereocenters. The van der Waals surface area contributed by atoms with E-state index in [1.165, 1.54) is 24.6 Å². The van der Waals surface area contributed by atoms with Gasteiger partial charge in [-0.2, -0.15) is 18.3 Å². The molecular weight excluding hydrogens is 509 g/mol. The molecule has 2 heterocycles. The summed E-state index contributed by atoms with van der Waals surface area (Å²) < 4.78 is 42.9. The van der Waals surface area contributed by atoms with Crippen LogP contribution in [-0.2, 0) is 11.0 Å². The molecule has 1 aromatic carbocycles. The first-order chi connectivity index (χ1) is 17.2. The van der Waals surface area contributed by atoms with E-state index in [0.29, 0.717) is 13.0 Å². The van der Waals surface area contributed by atoms with Crippen LogP contribution in [0.4, 0.5) is 13.2 Å². The number of aliphatic carboxylic acids is 1. The summed E-state index contributed by atoms with van der Waals surface area (Å²) in [4.78, 5) is 26.9. The Balaban J connectivity index is 0.00000380. The predicted molar refractivity (Wildman–Crippen MR) is 136 cm³/mol. The lowest BCUT2D eigenvalue weighted by molar-refractivity contribution is -0.138. The number of carboxylic acid groups (broad SMARTS) is 1. The van der Waals surface area contributed by atoms with Crippen LogP contribution >= 0.6 is 12.4 Å². The number of rotatable bonds is 9. The number of halogens is 4. The topological polar surface area (TPSA) is 87.5 Å². The van der Waals surface area contributed by atoms with E-state index in [-0.39, 0.29) is 41.8 Å². The maximum absolute atomic E-state index is 13.8. The second-order valence-electron chi connectivity index (χ2n) is 9.80. The number of alkyl halides is 3. The van der Waals surface area contributed by atoms with Crippen molar-refractivity contribution in [3.63, 3.8) is 0 Å². The highest BCUT2D eigenvalue weighted by Crippen LogP contribution is 2.40. The third kappa shape index (κ3) is 7.47. The Bertz CT molecular complexity index is 1060. The van der Waals surface area contributed by atoms with Gasteiger partial charge in [-0.05, 0) is 57.3 Å². The maximum atomic E-state index is 13.8. The highest BCUT2D eigenvalue weighted by Gasteiger charge is 2.35. The third-order valence-corrected chi connectivity index (χ3v) is 7.15. The number of likely N-dealkylation sites (tertiary alicyclic amines) is 1. The van der Waals surface area contributed by atoms with Crippen molar-refractivity contribution in [3.8, 4) is 11.3 Å². The summed E-state index contributed by atoms with van der Waals surface area (Å²) in [6.07, 6.45) is 2.56. The summed E-state index contributed by atoms with van der Waals surface area (Å²) in [6.45, 7) is 2.60. The third-order valence-electron chi connectivity index (χ3n) is 7.15. The number of hydrogen-bond acceptors (Lipinski definition) is 4. The molecule has 2 aliphatic rings. The zero-order chi connectivity index (χ0) is 25.7. The van der Waals surface area contributed by atoms with Crippen LogP contribution in [0, 0.1) is 0 Å². The minimum atomic E-state index is -4.55. The van der Waals surface area contributed by atoms with Crippen molar-refractivity contribution >= 4 is 24.3 Å². The van der Waals surface area contributed by atoms with Crippen LogP contribution in [0.25, 0.3) is 11.3 Å². The summed E-state index contributed by atoms with van der Waals surface area (Å²) in [5.74, 6) is -1.59. The van der Waals surface area contributed by atoms with Crippen LogP contribution in [0.15, 0.2) is 30.3 Å². The Morgan fingerprint density at radius 2 is 1.76 bits per heavy atom. The Labute approximate surface area is 220 Å². The maximum Gasteiger partial charge on any atom is 0.417 e. The van der Waals surface area contributed by atoms with Crippen LogP contribution in [0.2, 0.25) is 0 Å². The largest absolute Gasteiger partial charge is 0.481 e. The number of nitrogens with one attached hydrogen (secondary N) is 1. The van der Waals surface area contributed by atoms with Crippen molar-refractivity contribution in [2.24, 2.45) is 0 Å². The molecule has 1 aliphatic carbocycles. The first-order valence-electron chi connectivity index (χ1n) is 12.7. The van der Waals surface area contributed by atoms with Gasteiger partial charge in [-0.15, -0.1) is 12.4 Å². The van der Waals surface area contributed by atoms with E-state index >= 15 is 0 Å². The van der Waals surface area contributed by atoms with Gasteiger partial charge < -0.3 is 15.3 Å². The van der Waals surface area contributed by atoms with Crippen molar-refractivity contribution in [2.45, 2.75) is 76.0 Å². The molecule has 1 atom stereocenters. The molecule has 2 fully saturated rings. The normalized spacial score (nSPS) is 17.8. The molecule has 4 rings (SSSR count). The van der Waals surface area contributed by atoms with Gasteiger partial charge in [-0.25, -0.2) is 0 Å². The Morgan fingerprint density at radius 1 is 1.08 bits per heavy atom. The Kier molecular flexibility index (Phi) is 10.0. The first kappa shape index (κ1) is 29.0. The number of carbonyl (C=O) groups excluding carboxylic acids is 1. The van der Waals surface area contributed by atoms with Crippen molar-refractivity contribution in [1.82, 2.24) is 20.0 Å². The quantitative estimate of drug-likeness (QED) is 0.433. The summed E-state index contributed by atoms with van der Waals surface area (Å²) in [7, 11) is 0. The number of carboxylic acids is 1. The molecule has 1 saturated carbocycles. The lowest BCUT2D eigenvalue weighted by Gasteiger charge is -2.28. The first-order valence-corrected chi connectivity index (χ1v) is 12.7. The minimum Gasteiger partial charge on any atom is -0.481 e. The molecule has 0 bridgehead atoms. The van der Waals surface area contributed by atoms with Crippen molar-refractivity contribution in [1.29, 1.82) is 0 Å². The van der Waals surface area contributed by atoms with Gasteiger partial charge in [0, 0.05) is 18.2 Å². The van der Waals surface area contributed by atoms with Crippen molar-refractivity contribution in [3.05, 3.63) is 41.6 Å². The number of amides is 1. The predicted octanol–water partition coefficient (Wildman–Crippen LogP) is 5.55. The van der Waals surface area contributed by atoms with Crippen LogP contribution in [-0.4, -0.2) is 57.3 Å². The van der Waals surface area contributed by atoms with Crippen molar-refractivity contribution in [2.75, 3.05) is 19.6 Å². The monoisotopic (exact) mass is 542 g/mol. The highest BCUT2D eigenvalue weighted by atomic mass is 35.5. The van der Waals surface area contributed by atoms with Gasteiger partial charge in [0.1, 0.15) is 0 Å². The number of aromatic nitrogens is 2. The number of carbonyl (C=O) groups is 2. The van der Waals surface area contributed by atoms with Gasteiger partial charge >= 0.3 is 12.1 Å².